The number of nitrogens with one attached hydrogen (secondary N) is 1. The Labute approximate surface area is 114 Å². The second-order valence-electron chi connectivity index (χ2n) is 5.23. The summed E-state index contributed by atoms with van der Waals surface area (Å²) in [5.41, 5.74) is 4.36. The van der Waals surface area contributed by atoms with E-state index in [4.69, 9.17) is 0 Å². The van der Waals surface area contributed by atoms with Gasteiger partial charge >= 0.3 is 0 Å². The van der Waals surface area contributed by atoms with Gasteiger partial charge in [-0.1, -0.05) is 6.08 Å². The molecule has 0 spiro atoms. The van der Waals surface area contributed by atoms with Crippen LogP contribution in [0.25, 0.3) is 0 Å². The molecule has 1 N–H and O–H groups in total. The van der Waals surface area contributed by atoms with E-state index in [9.17, 15) is 8.42 Å². The molecule has 0 radical (unpaired) electrons. The molecule has 1 aromatic rings. The molecule has 0 fully saturated rings. The summed E-state index contributed by atoms with van der Waals surface area (Å²) in [6.45, 7) is 8.09. The average Bonchev–Trinajstić information content (AvgIpc) is 2.56. The first-order valence-corrected chi connectivity index (χ1v) is 8.12. The summed E-state index contributed by atoms with van der Waals surface area (Å²) >= 11 is 0. The largest absolute Gasteiger partial charge is 0.303 e. The van der Waals surface area contributed by atoms with Gasteiger partial charge in [0.2, 0.25) is 0 Å². The number of aromatic nitrogens is 1. The minimum Gasteiger partial charge on any atom is -0.303 e. The Morgan fingerprint density at radius 3 is 2.58 bits per heavy atom. The number of hydrogen-bond donors (Lipinski definition) is 1. The molecule has 0 saturated carbocycles. The third kappa shape index (κ3) is 3.22. The van der Waals surface area contributed by atoms with Crippen molar-refractivity contribution >= 4 is 9.84 Å². The predicted molar refractivity (Wildman–Crippen MR) is 76.7 cm³/mol. The van der Waals surface area contributed by atoms with Crippen molar-refractivity contribution in [1.29, 1.82) is 0 Å². The van der Waals surface area contributed by atoms with Crippen LogP contribution in [0.1, 0.15) is 35.5 Å². The molecule has 2 atom stereocenters. The molecule has 0 aromatic carbocycles. The minimum atomic E-state index is -3.01. The molecule has 0 aliphatic carbocycles. The standard InChI is InChI=1S/C14H20N2O2S/c1-9-7-10(2)15-11(3)14(9)12(4)16-13-5-6-19(17,18)8-13/h5-7,12-13,16H,8H2,1-4H3. The lowest BCUT2D eigenvalue weighted by Gasteiger charge is -2.21. The van der Waals surface area contributed by atoms with E-state index in [-0.39, 0.29) is 17.8 Å². The van der Waals surface area contributed by atoms with Gasteiger partial charge in [0.25, 0.3) is 0 Å². The maximum Gasteiger partial charge on any atom is 0.173 e. The van der Waals surface area contributed by atoms with Crippen molar-refractivity contribution < 1.29 is 8.42 Å². The van der Waals surface area contributed by atoms with Crippen LogP contribution in [0.3, 0.4) is 0 Å². The average molecular weight is 280 g/mol. The molecule has 1 aromatic heterocycles. The molecular weight excluding hydrogens is 260 g/mol. The van der Waals surface area contributed by atoms with Crippen molar-refractivity contribution in [2.24, 2.45) is 0 Å². The van der Waals surface area contributed by atoms with E-state index in [0.29, 0.717) is 0 Å². The van der Waals surface area contributed by atoms with E-state index in [2.05, 4.69) is 23.3 Å². The number of sulfone groups is 1. The van der Waals surface area contributed by atoms with E-state index in [1.165, 1.54) is 11.0 Å². The smallest absolute Gasteiger partial charge is 0.173 e. The SMILES string of the molecule is Cc1cc(C)c(C(C)NC2C=CS(=O)(=O)C2)c(C)n1. The maximum atomic E-state index is 11.4. The van der Waals surface area contributed by atoms with Crippen LogP contribution in [0.15, 0.2) is 17.6 Å². The van der Waals surface area contributed by atoms with Gasteiger partial charge in [0, 0.05) is 28.9 Å². The van der Waals surface area contributed by atoms with E-state index in [1.807, 2.05) is 20.8 Å². The fourth-order valence-electron chi connectivity index (χ4n) is 2.77. The van der Waals surface area contributed by atoms with Crippen LogP contribution in [0.4, 0.5) is 0 Å². The lowest BCUT2D eigenvalue weighted by molar-refractivity contribution is 0.529. The normalized spacial score (nSPS) is 22.6. The predicted octanol–water partition coefficient (Wildman–Crippen LogP) is 1.97. The van der Waals surface area contributed by atoms with Crippen LogP contribution < -0.4 is 5.32 Å². The molecule has 2 heterocycles. The van der Waals surface area contributed by atoms with Gasteiger partial charge in [0.1, 0.15) is 0 Å². The van der Waals surface area contributed by atoms with Crippen molar-refractivity contribution in [3.63, 3.8) is 0 Å². The van der Waals surface area contributed by atoms with Crippen LogP contribution in [0, 0.1) is 20.8 Å². The third-order valence-corrected chi connectivity index (χ3v) is 4.81. The summed E-state index contributed by atoms with van der Waals surface area (Å²) in [4.78, 5) is 4.48. The number of pyridine rings is 1. The summed E-state index contributed by atoms with van der Waals surface area (Å²) in [6.07, 6.45) is 1.72. The van der Waals surface area contributed by atoms with Crippen LogP contribution >= 0.6 is 0 Å². The fraction of sp³-hybridized carbons (Fsp3) is 0.500. The van der Waals surface area contributed by atoms with E-state index >= 15 is 0 Å². The second-order valence-corrected chi connectivity index (χ2v) is 7.16. The molecule has 2 unspecified atom stereocenters. The van der Waals surface area contributed by atoms with Crippen molar-refractivity contribution in [1.82, 2.24) is 10.3 Å². The van der Waals surface area contributed by atoms with Crippen LogP contribution in [-0.2, 0) is 9.84 Å². The number of rotatable bonds is 3. The molecule has 4 nitrogen and oxygen atoms in total. The van der Waals surface area contributed by atoms with Gasteiger partial charge in [-0.15, -0.1) is 0 Å². The van der Waals surface area contributed by atoms with Crippen LogP contribution in [0.2, 0.25) is 0 Å². The minimum absolute atomic E-state index is 0.0797. The van der Waals surface area contributed by atoms with Gasteiger partial charge in [0.15, 0.2) is 9.84 Å². The van der Waals surface area contributed by atoms with Gasteiger partial charge in [0.05, 0.1) is 5.75 Å². The quantitative estimate of drug-likeness (QED) is 0.919. The van der Waals surface area contributed by atoms with E-state index in [1.54, 1.807) is 6.08 Å². The number of nitrogens with zero attached hydrogens (tertiary/aromatic N) is 1. The van der Waals surface area contributed by atoms with Crippen LogP contribution in [-0.4, -0.2) is 25.2 Å². The van der Waals surface area contributed by atoms with Gasteiger partial charge < -0.3 is 5.32 Å². The Morgan fingerprint density at radius 2 is 2.05 bits per heavy atom. The maximum absolute atomic E-state index is 11.4. The highest BCUT2D eigenvalue weighted by Gasteiger charge is 2.24. The van der Waals surface area contributed by atoms with Crippen molar-refractivity contribution in [2.45, 2.75) is 39.8 Å². The third-order valence-electron chi connectivity index (χ3n) is 3.41. The van der Waals surface area contributed by atoms with Crippen molar-refractivity contribution in [3.05, 3.63) is 40.1 Å². The fourth-order valence-corrected chi connectivity index (χ4v) is 4.02. The topological polar surface area (TPSA) is 59.1 Å². The monoisotopic (exact) mass is 280 g/mol. The Kier molecular flexibility index (Phi) is 3.78. The summed E-state index contributed by atoms with van der Waals surface area (Å²) in [7, 11) is -3.01. The summed E-state index contributed by atoms with van der Waals surface area (Å²) in [6, 6.07) is 2.03. The highest BCUT2D eigenvalue weighted by Crippen LogP contribution is 2.22. The lowest BCUT2D eigenvalue weighted by atomic mass is 10.00. The van der Waals surface area contributed by atoms with Crippen molar-refractivity contribution in [2.75, 3.05) is 5.75 Å². The van der Waals surface area contributed by atoms with Gasteiger partial charge in [-0.25, -0.2) is 8.42 Å². The number of hydrogen-bond acceptors (Lipinski definition) is 4. The first-order valence-electron chi connectivity index (χ1n) is 6.40. The zero-order chi connectivity index (χ0) is 14.2. The zero-order valence-electron chi connectivity index (χ0n) is 11.8. The highest BCUT2D eigenvalue weighted by molar-refractivity contribution is 7.94. The van der Waals surface area contributed by atoms with E-state index in [0.717, 1.165) is 17.0 Å². The van der Waals surface area contributed by atoms with Crippen LogP contribution in [0.5, 0.6) is 0 Å². The molecule has 1 aliphatic rings. The summed E-state index contributed by atoms with van der Waals surface area (Å²) in [5.74, 6) is 0.148. The molecule has 0 saturated heterocycles. The summed E-state index contributed by atoms with van der Waals surface area (Å²) in [5, 5.41) is 4.64. The molecule has 2 rings (SSSR count). The Morgan fingerprint density at radius 1 is 1.37 bits per heavy atom. The molecular formula is C14H20N2O2S. The Bertz CT molecular complexity index is 597. The molecule has 104 valence electrons. The molecule has 1 aliphatic heterocycles. The van der Waals surface area contributed by atoms with E-state index < -0.39 is 9.84 Å². The zero-order valence-corrected chi connectivity index (χ0v) is 12.6. The first kappa shape index (κ1) is 14.2. The van der Waals surface area contributed by atoms with Gasteiger partial charge in [-0.3, -0.25) is 4.98 Å². The van der Waals surface area contributed by atoms with Gasteiger partial charge in [-0.05, 0) is 44.9 Å². The first-order chi connectivity index (χ1) is 8.78. The molecule has 19 heavy (non-hydrogen) atoms. The highest BCUT2D eigenvalue weighted by atomic mass is 32.2. The lowest BCUT2D eigenvalue weighted by Crippen LogP contribution is -2.33. The number of aryl methyl sites for hydroxylation is 3. The van der Waals surface area contributed by atoms with Gasteiger partial charge in [-0.2, -0.15) is 0 Å². The molecule has 0 bridgehead atoms. The molecule has 5 heteroatoms. The second kappa shape index (κ2) is 5.06. The Balaban J connectivity index is 2.18. The molecule has 0 amide bonds. The summed E-state index contributed by atoms with van der Waals surface area (Å²) < 4.78 is 22.8. The van der Waals surface area contributed by atoms with Crippen molar-refractivity contribution in [3.8, 4) is 0 Å². The Hall–Kier alpha value is -1.20.